The summed E-state index contributed by atoms with van der Waals surface area (Å²) in [5.41, 5.74) is 8.77. The van der Waals surface area contributed by atoms with Gasteiger partial charge in [-0.05, 0) is 75.9 Å². The van der Waals surface area contributed by atoms with Crippen molar-refractivity contribution in [2.24, 2.45) is 9.98 Å². The quantitative estimate of drug-likeness (QED) is 0.638. The van der Waals surface area contributed by atoms with E-state index in [0.29, 0.717) is 0 Å². The molecule has 0 unspecified atom stereocenters. The van der Waals surface area contributed by atoms with E-state index in [4.69, 9.17) is 9.98 Å². The molecular weight excluding hydrogens is 268 g/mol. The molecule has 0 radical (unpaired) electrons. The van der Waals surface area contributed by atoms with Crippen LogP contribution in [0.25, 0.3) is 0 Å². The summed E-state index contributed by atoms with van der Waals surface area (Å²) in [5.74, 6) is 0. The molecule has 22 heavy (non-hydrogen) atoms. The van der Waals surface area contributed by atoms with E-state index in [1.54, 1.807) is 0 Å². The molecule has 2 nitrogen and oxygen atoms in total. The minimum atomic E-state index is 0.953. The Kier molecular flexibility index (Phi) is 4.92. The summed E-state index contributed by atoms with van der Waals surface area (Å²) in [4.78, 5) is 9.51. The van der Waals surface area contributed by atoms with E-state index in [0.717, 1.165) is 22.8 Å². The third-order valence-corrected chi connectivity index (χ3v) is 3.83. The average Bonchev–Trinajstić information content (AvgIpc) is 2.46. The van der Waals surface area contributed by atoms with Crippen molar-refractivity contribution < 1.29 is 0 Å². The summed E-state index contributed by atoms with van der Waals surface area (Å²) in [6.07, 6.45) is 0. The predicted octanol–water partition coefficient (Wildman–Crippen LogP) is 5.81. The summed E-state index contributed by atoms with van der Waals surface area (Å²) >= 11 is 0. The second-order valence-corrected chi connectivity index (χ2v) is 5.97. The van der Waals surface area contributed by atoms with Crippen molar-refractivity contribution in [1.29, 1.82) is 0 Å². The zero-order valence-electron chi connectivity index (χ0n) is 14.4. The third kappa shape index (κ3) is 3.91. The van der Waals surface area contributed by atoms with Gasteiger partial charge in [-0.2, -0.15) is 0 Å². The lowest BCUT2D eigenvalue weighted by atomic mass is 10.1. The van der Waals surface area contributed by atoms with Crippen LogP contribution in [0.15, 0.2) is 46.4 Å². The molecule has 114 valence electrons. The molecule has 0 fully saturated rings. The van der Waals surface area contributed by atoms with Gasteiger partial charge in [-0.15, -0.1) is 0 Å². The molecule has 0 atom stereocenters. The van der Waals surface area contributed by atoms with Crippen molar-refractivity contribution in [3.63, 3.8) is 0 Å². The molecule has 2 aromatic rings. The summed E-state index contributed by atoms with van der Waals surface area (Å²) in [5, 5.41) is 0. The smallest absolute Gasteiger partial charge is 0.0665 e. The maximum atomic E-state index is 4.75. The van der Waals surface area contributed by atoms with E-state index in [1.807, 2.05) is 13.8 Å². The van der Waals surface area contributed by atoms with Crippen molar-refractivity contribution in [3.8, 4) is 0 Å². The number of nitrogens with zero attached hydrogens (tertiary/aromatic N) is 2. The summed E-state index contributed by atoms with van der Waals surface area (Å²) in [6, 6.07) is 12.7. The van der Waals surface area contributed by atoms with Crippen LogP contribution in [0, 0.1) is 27.7 Å². The number of aryl methyl sites for hydroxylation is 4. The van der Waals surface area contributed by atoms with Gasteiger partial charge in [0.15, 0.2) is 0 Å². The fraction of sp³-hybridized carbons (Fsp3) is 0.300. The van der Waals surface area contributed by atoms with E-state index in [2.05, 4.69) is 64.1 Å². The van der Waals surface area contributed by atoms with Crippen molar-refractivity contribution in [2.45, 2.75) is 41.5 Å². The summed E-state index contributed by atoms with van der Waals surface area (Å²) in [6.45, 7) is 12.4. The lowest BCUT2D eigenvalue weighted by Gasteiger charge is -2.06. The van der Waals surface area contributed by atoms with E-state index >= 15 is 0 Å². The van der Waals surface area contributed by atoms with Gasteiger partial charge >= 0.3 is 0 Å². The summed E-state index contributed by atoms with van der Waals surface area (Å²) in [7, 11) is 0. The molecular formula is C20H24N2. The zero-order chi connectivity index (χ0) is 16.3. The second-order valence-electron chi connectivity index (χ2n) is 5.97. The molecule has 0 aromatic heterocycles. The lowest BCUT2D eigenvalue weighted by molar-refractivity contribution is 1.34. The fourth-order valence-corrected chi connectivity index (χ4v) is 2.20. The largest absolute Gasteiger partial charge is 0.252 e. The van der Waals surface area contributed by atoms with Crippen LogP contribution < -0.4 is 0 Å². The van der Waals surface area contributed by atoms with Crippen molar-refractivity contribution in [2.75, 3.05) is 0 Å². The van der Waals surface area contributed by atoms with E-state index in [1.165, 1.54) is 22.3 Å². The standard InChI is InChI=1S/C20H24N2/c1-13-7-9-15(3)19(11-13)21-17(5)18(6)22-20-12-14(2)8-10-16(20)4/h7-12H,1-6H3. The first-order valence-corrected chi connectivity index (χ1v) is 7.62. The molecule has 2 heteroatoms. The van der Waals surface area contributed by atoms with Crippen LogP contribution in [0.1, 0.15) is 36.1 Å². The van der Waals surface area contributed by atoms with Gasteiger partial charge in [-0.3, -0.25) is 9.98 Å². The van der Waals surface area contributed by atoms with Gasteiger partial charge in [0, 0.05) is 0 Å². The number of benzene rings is 2. The zero-order valence-corrected chi connectivity index (χ0v) is 14.4. The van der Waals surface area contributed by atoms with Crippen molar-refractivity contribution in [1.82, 2.24) is 0 Å². The first-order chi connectivity index (χ1) is 10.4. The highest BCUT2D eigenvalue weighted by atomic mass is 14.8. The van der Waals surface area contributed by atoms with Crippen LogP contribution in [-0.2, 0) is 0 Å². The Morgan fingerprint density at radius 3 is 1.36 bits per heavy atom. The molecule has 0 aliphatic rings. The normalized spacial score (nSPS) is 12.6. The Hall–Kier alpha value is -2.22. The van der Waals surface area contributed by atoms with Crippen LogP contribution in [0.2, 0.25) is 0 Å². The molecule has 0 saturated carbocycles. The molecule has 0 amide bonds. The monoisotopic (exact) mass is 292 g/mol. The van der Waals surface area contributed by atoms with Crippen LogP contribution in [0.4, 0.5) is 11.4 Å². The highest BCUT2D eigenvalue weighted by molar-refractivity contribution is 6.41. The first kappa shape index (κ1) is 16.2. The van der Waals surface area contributed by atoms with Crippen LogP contribution in [-0.4, -0.2) is 11.4 Å². The lowest BCUT2D eigenvalue weighted by Crippen LogP contribution is -2.05. The van der Waals surface area contributed by atoms with E-state index in [9.17, 15) is 0 Å². The minimum Gasteiger partial charge on any atom is -0.252 e. The van der Waals surface area contributed by atoms with Crippen LogP contribution in [0.3, 0.4) is 0 Å². The van der Waals surface area contributed by atoms with Gasteiger partial charge in [-0.1, -0.05) is 24.3 Å². The van der Waals surface area contributed by atoms with Crippen LogP contribution >= 0.6 is 0 Å². The van der Waals surface area contributed by atoms with E-state index < -0.39 is 0 Å². The maximum absolute atomic E-state index is 4.75. The maximum Gasteiger partial charge on any atom is 0.0665 e. The average molecular weight is 292 g/mol. The van der Waals surface area contributed by atoms with Crippen molar-refractivity contribution >= 4 is 22.8 Å². The number of hydrogen-bond donors (Lipinski definition) is 0. The SMILES string of the molecule is CC(=Nc1cc(C)ccc1C)C(C)=Nc1cc(C)ccc1C. The third-order valence-electron chi connectivity index (χ3n) is 3.83. The molecule has 0 saturated heterocycles. The highest BCUT2D eigenvalue weighted by Crippen LogP contribution is 2.22. The molecule has 0 bridgehead atoms. The van der Waals surface area contributed by atoms with Gasteiger partial charge in [0.05, 0.1) is 22.8 Å². The molecule has 2 rings (SSSR count). The Labute approximate surface area is 133 Å². The summed E-state index contributed by atoms with van der Waals surface area (Å²) < 4.78 is 0. The minimum absolute atomic E-state index is 0.953. The molecule has 2 aromatic carbocycles. The van der Waals surface area contributed by atoms with Crippen LogP contribution in [0.5, 0.6) is 0 Å². The van der Waals surface area contributed by atoms with Gasteiger partial charge < -0.3 is 0 Å². The Bertz CT molecular complexity index is 687. The molecule has 0 N–H and O–H groups in total. The second kappa shape index (κ2) is 6.69. The number of aliphatic imine (C=N–C) groups is 2. The Morgan fingerprint density at radius 1 is 0.636 bits per heavy atom. The van der Waals surface area contributed by atoms with Gasteiger partial charge in [-0.25, -0.2) is 0 Å². The first-order valence-electron chi connectivity index (χ1n) is 7.62. The molecule has 0 aliphatic carbocycles. The fourth-order valence-electron chi connectivity index (χ4n) is 2.20. The highest BCUT2D eigenvalue weighted by Gasteiger charge is 2.03. The molecule has 0 spiro atoms. The number of rotatable bonds is 3. The Morgan fingerprint density at radius 2 is 1.00 bits per heavy atom. The van der Waals surface area contributed by atoms with Gasteiger partial charge in [0.25, 0.3) is 0 Å². The molecule has 0 aliphatic heterocycles. The topological polar surface area (TPSA) is 24.7 Å². The molecule has 0 heterocycles. The Balaban J connectivity index is 2.37. The van der Waals surface area contributed by atoms with Gasteiger partial charge in [0.2, 0.25) is 0 Å². The number of hydrogen-bond acceptors (Lipinski definition) is 2. The van der Waals surface area contributed by atoms with Gasteiger partial charge in [0.1, 0.15) is 0 Å². The van der Waals surface area contributed by atoms with Crippen molar-refractivity contribution in [3.05, 3.63) is 58.7 Å². The van der Waals surface area contributed by atoms with E-state index in [-0.39, 0.29) is 0 Å². The predicted molar refractivity (Wildman–Crippen MR) is 97.4 cm³/mol.